The summed E-state index contributed by atoms with van der Waals surface area (Å²) in [6.07, 6.45) is -2.76. The van der Waals surface area contributed by atoms with Gasteiger partial charge in [-0.3, -0.25) is 9.78 Å². The smallest absolute Gasteiger partial charge is 0.336 e. The molecule has 33 heavy (non-hydrogen) atoms. The van der Waals surface area contributed by atoms with Gasteiger partial charge >= 0.3 is 6.18 Å². The Morgan fingerprint density at radius 1 is 0.939 bits per heavy atom. The average molecular weight is 468 g/mol. The van der Waals surface area contributed by atoms with Gasteiger partial charge in [0.15, 0.2) is 0 Å². The summed E-state index contributed by atoms with van der Waals surface area (Å²) >= 11 is 1.18. The maximum absolute atomic E-state index is 13.6. The van der Waals surface area contributed by atoms with Crippen molar-refractivity contribution < 1.29 is 18.0 Å². The average Bonchev–Trinajstić information content (AvgIpc) is 3.25. The van der Waals surface area contributed by atoms with Crippen molar-refractivity contribution >= 4 is 17.2 Å². The topological polar surface area (TPSA) is 54.9 Å². The third kappa shape index (κ3) is 4.80. The number of rotatable bonds is 6. The van der Waals surface area contributed by atoms with E-state index in [1.54, 1.807) is 42.9 Å². The number of benzene rings is 2. The van der Waals surface area contributed by atoms with Gasteiger partial charge in [0.25, 0.3) is 5.91 Å². The molecule has 4 nitrogen and oxygen atoms in total. The lowest BCUT2D eigenvalue weighted by Gasteiger charge is -2.35. The summed E-state index contributed by atoms with van der Waals surface area (Å²) in [7, 11) is 0. The summed E-state index contributed by atoms with van der Waals surface area (Å²) in [6, 6.07) is 19.5. The number of nitrogens with zero attached hydrogens (tertiary/aromatic N) is 2. The summed E-state index contributed by atoms with van der Waals surface area (Å²) in [5.41, 5.74) is 1.53. The highest BCUT2D eigenvalue weighted by Crippen LogP contribution is 2.37. The second kappa shape index (κ2) is 9.15. The number of nitrogens with one attached hydrogen (secondary N) is 1. The summed E-state index contributed by atoms with van der Waals surface area (Å²) in [5.74, 6) is -0.422. The lowest BCUT2D eigenvalue weighted by Crippen LogP contribution is -2.49. The Morgan fingerprint density at radius 2 is 1.67 bits per heavy atom. The Bertz CT molecular complexity index is 1240. The molecule has 0 aliphatic rings. The predicted molar refractivity (Wildman–Crippen MR) is 121 cm³/mol. The van der Waals surface area contributed by atoms with Crippen molar-refractivity contribution in [3.05, 3.63) is 117 Å². The van der Waals surface area contributed by atoms with Gasteiger partial charge in [0.1, 0.15) is 10.4 Å². The van der Waals surface area contributed by atoms with E-state index in [0.29, 0.717) is 16.3 Å². The molecule has 1 atom stereocenters. The molecule has 0 radical (unpaired) electrons. The van der Waals surface area contributed by atoms with Crippen LogP contribution in [-0.2, 0) is 18.1 Å². The van der Waals surface area contributed by atoms with E-state index in [1.165, 1.54) is 17.4 Å². The van der Waals surface area contributed by atoms with Crippen molar-refractivity contribution in [2.24, 2.45) is 0 Å². The van der Waals surface area contributed by atoms with Crippen LogP contribution in [-0.4, -0.2) is 15.9 Å². The zero-order valence-electron chi connectivity index (χ0n) is 17.6. The maximum Gasteiger partial charge on any atom is 0.416 e. The Morgan fingerprint density at radius 3 is 2.30 bits per heavy atom. The number of hydrogen-bond donors (Lipinski definition) is 1. The second-order valence-corrected chi connectivity index (χ2v) is 8.44. The number of aryl methyl sites for hydroxylation is 1. The molecule has 8 heteroatoms. The van der Waals surface area contributed by atoms with Crippen molar-refractivity contribution in [2.75, 3.05) is 0 Å². The minimum absolute atomic E-state index is 0.204. The quantitative estimate of drug-likeness (QED) is 0.391. The lowest BCUT2D eigenvalue weighted by atomic mass is 9.79. The number of hydrogen-bond acceptors (Lipinski definition) is 4. The molecule has 1 N–H and O–H groups in total. The summed E-state index contributed by atoms with van der Waals surface area (Å²) in [5, 5.41) is 3.04. The molecule has 4 aromatic rings. The van der Waals surface area contributed by atoms with Gasteiger partial charge in [0.05, 0.1) is 22.5 Å². The largest absolute Gasteiger partial charge is 0.416 e. The fraction of sp³-hybridized carbons (Fsp3) is 0.160. The Labute approximate surface area is 193 Å². The highest BCUT2D eigenvalue weighted by Gasteiger charge is 2.40. The van der Waals surface area contributed by atoms with Crippen LogP contribution < -0.4 is 5.32 Å². The molecule has 2 heterocycles. The number of thiazole rings is 1. The zero-order chi connectivity index (χ0) is 23.5. The highest BCUT2D eigenvalue weighted by molar-refractivity contribution is 7.11. The SMILES string of the molecule is Cc1ncsc1C(=O)NC(Cc1ccccc1)(c1cccc(C(F)(F)F)c1)c1ccccn1. The standard InChI is InChI=1S/C25H20F3N3OS/c1-17-22(33-16-30-17)23(32)31-24(21-12-5-6-13-29-21,15-18-8-3-2-4-9-18)19-10-7-11-20(14-19)25(26,27)28/h2-14,16H,15H2,1H3,(H,31,32). The molecule has 0 saturated heterocycles. The van der Waals surface area contributed by atoms with Gasteiger partial charge in [-0.1, -0.05) is 48.5 Å². The van der Waals surface area contributed by atoms with Crippen molar-refractivity contribution in [1.29, 1.82) is 0 Å². The maximum atomic E-state index is 13.6. The number of alkyl halides is 3. The first kappa shape index (κ1) is 22.7. The van der Waals surface area contributed by atoms with Crippen LogP contribution >= 0.6 is 11.3 Å². The van der Waals surface area contributed by atoms with E-state index in [2.05, 4.69) is 15.3 Å². The van der Waals surface area contributed by atoms with E-state index in [4.69, 9.17) is 0 Å². The highest BCUT2D eigenvalue weighted by atomic mass is 32.1. The van der Waals surface area contributed by atoms with Crippen LogP contribution in [0.3, 0.4) is 0 Å². The first-order chi connectivity index (χ1) is 15.8. The van der Waals surface area contributed by atoms with Crippen LogP contribution in [0.1, 0.15) is 37.7 Å². The van der Waals surface area contributed by atoms with Gasteiger partial charge < -0.3 is 5.32 Å². The van der Waals surface area contributed by atoms with Crippen molar-refractivity contribution in [1.82, 2.24) is 15.3 Å². The van der Waals surface area contributed by atoms with E-state index in [0.717, 1.165) is 17.7 Å². The second-order valence-electron chi connectivity index (χ2n) is 7.58. The number of carbonyl (C=O) groups excluding carboxylic acids is 1. The minimum Gasteiger partial charge on any atom is -0.336 e. The van der Waals surface area contributed by atoms with Crippen molar-refractivity contribution in [3.63, 3.8) is 0 Å². The summed E-state index contributed by atoms with van der Waals surface area (Å²) in [4.78, 5) is 22.4. The Balaban J connectivity index is 1.94. The monoisotopic (exact) mass is 467 g/mol. The Kier molecular flexibility index (Phi) is 6.29. The molecule has 0 aliphatic heterocycles. The lowest BCUT2D eigenvalue weighted by molar-refractivity contribution is -0.137. The third-order valence-electron chi connectivity index (χ3n) is 5.38. The number of carbonyl (C=O) groups is 1. The summed E-state index contributed by atoms with van der Waals surface area (Å²) in [6.45, 7) is 1.72. The van der Waals surface area contributed by atoms with Crippen LogP contribution in [0.15, 0.2) is 84.5 Å². The zero-order valence-corrected chi connectivity index (χ0v) is 18.5. The minimum atomic E-state index is -4.53. The van der Waals surface area contributed by atoms with Crippen molar-refractivity contribution in [3.8, 4) is 0 Å². The molecule has 0 spiro atoms. The predicted octanol–water partition coefficient (Wildman–Crippen LogP) is 5.78. The molecule has 0 fully saturated rings. The van der Waals surface area contributed by atoms with E-state index in [1.807, 2.05) is 30.3 Å². The fourth-order valence-corrected chi connectivity index (χ4v) is 4.47. The van der Waals surface area contributed by atoms with Crippen LogP contribution in [0.2, 0.25) is 0 Å². The van der Waals surface area contributed by atoms with E-state index >= 15 is 0 Å². The van der Waals surface area contributed by atoms with Gasteiger partial charge in [0.2, 0.25) is 0 Å². The van der Waals surface area contributed by atoms with E-state index in [-0.39, 0.29) is 12.0 Å². The van der Waals surface area contributed by atoms with Crippen LogP contribution in [0.4, 0.5) is 13.2 Å². The number of halogens is 3. The first-order valence-electron chi connectivity index (χ1n) is 10.2. The molecule has 0 aliphatic carbocycles. The molecular weight excluding hydrogens is 447 g/mol. The number of pyridine rings is 1. The molecule has 1 amide bonds. The van der Waals surface area contributed by atoms with Crippen LogP contribution in [0.5, 0.6) is 0 Å². The molecule has 0 bridgehead atoms. The molecule has 1 unspecified atom stereocenters. The van der Waals surface area contributed by atoms with Gasteiger partial charge in [-0.15, -0.1) is 11.3 Å². The normalized spacial score (nSPS) is 13.3. The van der Waals surface area contributed by atoms with Crippen molar-refractivity contribution in [2.45, 2.75) is 25.1 Å². The Hall–Kier alpha value is -3.52. The van der Waals surface area contributed by atoms with E-state index in [9.17, 15) is 18.0 Å². The molecule has 4 rings (SSSR count). The molecule has 2 aromatic heterocycles. The number of amides is 1. The third-order valence-corrected chi connectivity index (χ3v) is 6.30. The van der Waals surface area contributed by atoms with Gasteiger partial charge in [-0.05, 0) is 42.3 Å². The van der Waals surface area contributed by atoms with Gasteiger partial charge in [-0.25, -0.2) is 4.98 Å². The molecular formula is C25H20F3N3OS. The molecule has 2 aromatic carbocycles. The van der Waals surface area contributed by atoms with E-state index < -0.39 is 23.2 Å². The molecule has 0 saturated carbocycles. The fourth-order valence-electron chi connectivity index (χ4n) is 3.77. The van der Waals surface area contributed by atoms with Crippen LogP contribution in [0, 0.1) is 6.92 Å². The first-order valence-corrected chi connectivity index (χ1v) is 11.0. The van der Waals surface area contributed by atoms with Gasteiger partial charge in [0, 0.05) is 12.6 Å². The van der Waals surface area contributed by atoms with Gasteiger partial charge in [-0.2, -0.15) is 13.2 Å². The number of aromatic nitrogens is 2. The molecule has 168 valence electrons. The van der Waals surface area contributed by atoms with Crippen LogP contribution in [0.25, 0.3) is 0 Å². The summed E-state index contributed by atoms with van der Waals surface area (Å²) < 4.78 is 40.8.